The Balaban J connectivity index is 2.03. The number of rotatable bonds is 3. The van der Waals surface area contributed by atoms with Crippen LogP contribution in [-0.2, 0) is 11.3 Å². The Labute approximate surface area is 108 Å². The second-order valence-electron chi connectivity index (χ2n) is 4.55. The molecule has 3 nitrogen and oxygen atoms in total. The molecule has 0 saturated carbocycles. The van der Waals surface area contributed by atoms with Crippen LogP contribution in [-0.4, -0.2) is 17.4 Å². The molecule has 1 aliphatic rings. The third-order valence-electron chi connectivity index (χ3n) is 2.93. The van der Waals surface area contributed by atoms with E-state index < -0.39 is 0 Å². The number of amides is 1. The highest BCUT2D eigenvalue weighted by molar-refractivity contribution is 5.75. The van der Waals surface area contributed by atoms with Gasteiger partial charge in [0.2, 0.25) is 5.91 Å². The largest absolute Gasteiger partial charge is 0.367 e. The quantitative estimate of drug-likeness (QED) is 0.883. The first-order valence-electron chi connectivity index (χ1n) is 6.08. The third-order valence-corrected chi connectivity index (χ3v) is 2.93. The zero-order valence-corrected chi connectivity index (χ0v) is 10.8. The van der Waals surface area contributed by atoms with Crippen LogP contribution in [0.3, 0.4) is 0 Å². The van der Waals surface area contributed by atoms with Crippen molar-refractivity contribution < 1.29 is 4.79 Å². The van der Waals surface area contributed by atoms with E-state index in [1.807, 2.05) is 31.2 Å². The molecule has 94 valence electrons. The van der Waals surface area contributed by atoms with E-state index in [2.05, 4.69) is 28.5 Å². The molecular weight excluding hydrogens is 224 g/mol. The molecule has 0 atom stereocenters. The third kappa shape index (κ3) is 3.23. The molecule has 0 aromatic heterocycles. The van der Waals surface area contributed by atoms with Crippen LogP contribution in [0.2, 0.25) is 0 Å². The van der Waals surface area contributed by atoms with Crippen LogP contribution in [0, 0.1) is 0 Å². The summed E-state index contributed by atoms with van der Waals surface area (Å²) in [6.07, 6.45) is 4.12. The summed E-state index contributed by atoms with van der Waals surface area (Å²) in [5, 5.41) is 2.90. The van der Waals surface area contributed by atoms with Gasteiger partial charge in [0.05, 0.1) is 6.54 Å². The molecule has 0 aliphatic carbocycles. The van der Waals surface area contributed by atoms with Gasteiger partial charge < -0.3 is 10.2 Å². The molecule has 1 amide bonds. The summed E-state index contributed by atoms with van der Waals surface area (Å²) in [7, 11) is 0. The summed E-state index contributed by atoms with van der Waals surface area (Å²) in [4.78, 5) is 13.3. The molecule has 1 aliphatic heterocycles. The van der Waals surface area contributed by atoms with E-state index in [1.54, 1.807) is 6.92 Å². The highest BCUT2D eigenvalue weighted by atomic mass is 16.1. The first kappa shape index (κ1) is 12.4. The fourth-order valence-corrected chi connectivity index (χ4v) is 1.98. The monoisotopic (exact) mass is 242 g/mol. The highest BCUT2D eigenvalue weighted by Gasteiger charge is 2.12. The van der Waals surface area contributed by atoms with Crippen molar-refractivity contribution >= 4 is 5.91 Å². The van der Waals surface area contributed by atoms with Crippen molar-refractivity contribution in [3.63, 3.8) is 0 Å². The van der Waals surface area contributed by atoms with Crippen LogP contribution in [0.4, 0.5) is 0 Å². The fraction of sp³-hybridized carbons (Fsp3) is 0.267. The van der Waals surface area contributed by atoms with Crippen LogP contribution in [0.25, 0.3) is 0 Å². The van der Waals surface area contributed by atoms with E-state index in [0.717, 1.165) is 24.4 Å². The van der Waals surface area contributed by atoms with Gasteiger partial charge in [0, 0.05) is 25.4 Å². The average Bonchev–Trinajstić information content (AvgIpc) is 2.34. The summed E-state index contributed by atoms with van der Waals surface area (Å²) in [5.41, 5.74) is 3.37. The Hall–Kier alpha value is -2.03. The van der Waals surface area contributed by atoms with E-state index >= 15 is 0 Å². The minimum Gasteiger partial charge on any atom is -0.367 e. The Kier molecular flexibility index (Phi) is 3.82. The first-order chi connectivity index (χ1) is 8.65. The Morgan fingerprint density at radius 3 is 2.72 bits per heavy atom. The van der Waals surface area contributed by atoms with Crippen molar-refractivity contribution in [2.45, 2.75) is 20.4 Å². The van der Waals surface area contributed by atoms with Crippen LogP contribution >= 0.6 is 0 Å². The molecule has 0 fully saturated rings. The first-order valence-corrected chi connectivity index (χ1v) is 6.08. The summed E-state index contributed by atoms with van der Waals surface area (Å²) in [6.45, 7) is 5.16. The minimum absolute atomic E-state index is 0.0145. The van der Waals surface area contributed by atoms with E-state index in [-0.39, 0.29) is 5.91 Å². The number of carbonyl (C=O) groups excluding carboxylic acids is 1. The number of nitrogens with zero attached hydrogens (tertiary/aromatic N) is 1. The molecular formula is C15H18N2O. The minimum atomic E-state index is -0.0145. The van der Waals surface area contributed by atoms with Gasteiger partial charge in [0.25, 0.3) is 0 Å². The standard InChI is InChI=1S/C15H18N2O/c1-12-8-9-17(11-15(12)16-13(2)18)10-14-6-4-3-5-7-14/h3-9H,10-11H2,1-2H3,(H,16,18). The molecule has 0 unspecified atom stereocenters. The molecule has 0 spiro atoms. The van der Waals surface area contributed by atoms with Gasteiger partial charge in [-0.05, 0) is 24.1 Å². The second-order valence-corrected chi connectivity index (χ2v) is 4.55. The molecule has 1 aromatic carbocycles. The van der Waals surface area contributed by atoms with Gasteiger partial charge in [-0.25, -0.2) is 0 Å². The summed E-state index contributed by atoms with van der Waals surface area (Å²) in [5.74, 6) is -0.0145. The van der Waals surface area contributed by atoms with Gasteiger partial charge in [-0.15, -0.1) is 0 Å². The predicted molar refractivity (Wildman–Crippen MR) is 72.5 cm³/mol. The lowest BCUT2D eigenvalue weighted by Gasteiger charge is -2.26. The number of nitrogens with one attached hydrogen (secondary N) is 1. The number of carbonyl (C=O) groups is 1. The van der Waals surface area contributed by atoms with E-state index in [0.29, 0.717) is 0 Å². The smallest absolute Gasteiger partial charge is 0.221 e. The molecule has 0 radical (unpaired) electrons. The fourth-order valence-electron chi connectivity index (χ4n) is 1.98. The van der Waals surface area contributed by atoms with Gasteiger partial charge >= 0.3 is 0 Å². The molecule has 1 heterocycles. The normalized spacial score (nSPS) is 14.9. The number of hydrogen-bond donors (Lipinski definition) is 1. The van der Waals surface area contributed by atoms with Crippen LogP contribution in [0.1, 0.15) is 19.4 Å². The van der Waals surface area contributed by atoms with Crippen molar-refractivity contribution in [3.05, 3.63) is 59.4 Å². The molecule has 18 heavy (non-hydrogen) atoms. The van der Waals surface area contributed by atoms with Crippen LogP contribution < -0.4 is 5.32 Å². The zero-order chi connectivity index (χ0) is 13.0. The Morgan fingerprint density at radius 1 is 1.33 bits per heavy atom. The number of hydrogen-bond acceptors (Lipinski definition) is 2. The van der Waals surface area contributed by atoms with E-state index in [4.69, 9.17) is 0 Å². The van der Waals surface area contributed by atoms with Gasteiger partial charge in [-0.3, -0.25) is 4.79 Å². The number of benzene rings is 1. The number of allylic oxidation sites excluding steroid dienone is 2. The topological polar surface area (TPSA) is 32.3 Å². The Bertz CT molecular complexity index is 488. The maximum absolute atomic E-state index is 11.1. The summed E-state index contributed by atoms with van der Waals surface area (Å²) >= 11 is 0. The summed E-state index contributed by atoms with van der Waals surface area (Å²) in [6, 6.07) is 10.3. The second kappa shape index (κ2) is 5.54. The average molecular weight is 242 g/mol. The molecule has 3 heteroatoms. The van der Waals surface area contributed by atoms with E-state index in [1.165, 1.54) is 5.56 Å². The lowest BCUT2D eigenvalue weighted by atomic mass is 10.1. The van der Waals surface area contributed by atoms with Gasteiger partial charge in [-0.2, -0.15) is 0 Å². The predicted octanol–water partition coefficient (Wildman–Crippen LogP) is 2.43. The molecule has 1 aromatic rings. The van der Waals surface area contributed by atoms with Crippen molar-refractivity contribution in [1.29, 1.82) is 0 Å². The van der Waals surface area contributed by atoms with Crippen molar-refractivity contribution in [2.24, 2.45) is 0 Å². The van der Waals surface area contributed by atoms with Crippen molar-refractivity contribution in [1.82, 2.24) is 10.2 Å². The van der Waals surface area contributed by atoms with Crippen LogP contribution in [0.5, 0.6) is 0 Å². The molecule has 1 N–H and O–H groups in total. The van der Waals surface area contributed by atoms with Crippen molar-refractivity contribution in [2.75, 3.05) is 6.54 Å². The van der Waals surface area contributed by atoms with Gasteiger partial charge in [-0.1, -0.05) is 30.3 Å². The maximum atomic E-state index is 11.1. The highest BCUT2D eigenvalue weighted by Crippen LogP contribution is 2.15. The molecule has 0 bridgehead atoms. The van der Waals surface area contributed by atoms with E-state index in [9.17, 15) is 4.79 Å². The summed E-state index contributed by atoms with van der Waals surface area (Å²) < 4.78 is 0. The molecule has 2 rings (SSSR count). The maximum Gasteiger partial charge on any atom is 0.221 e. The van der Waals surface area contributed by atoms with Crippen LogP contribution in [0.15, 0.2) is 53.9 Å². The van der Waals surface area contributed by atoms with Gasteiger partial charge in [0.1, 0.15) is 0 Å². The van der Waals surface area contributed by atoms with Gasteiger partial charge in [0.15, 0.2) is 0 Å². The lowest BCUT2D eigenvalue weighted by Crippen LogP contribution is -2.31. The molecule has 0 saturated heterocycles. The lowest BCUT2D eigenvalue weighted by molar-refractivity contribution is -0.118. The zero-order valence-electron chi connectivity index (χ0n) is 10.8. The Morgan fingerprint density at radius 2 is 2.06 bits per heavy atom. The van der Waals surface area contributed by atoms with Crippen molar-refractivity contribution in [3.8, 4) is 0 Å². The SMILES string of the molecule is CC(=O)NC1=C(C)C=CN(Cc2ccccc2)C1.